The molecule has 1 aromatic carbocycles. The highest BCUT2D eigenvalue weighted by atomic mass is 16.5. The van der Waals surface area contributed by atoms with Gasteiger partial charge >= 0.3 is 0 Å². The number of aryl methyl sites for hydroxylation is 1. The number of rotatable bonds is 19. The van der Waals surface area contributed by atoms with Crippen LogP contribution in [-0.2, 0) is 6.42 Å². The lowest BCUT2D eigenvalue weighted by molar-refractivity contribution is 0.200. The van der Waals surface area contributed by atoms with Crippen molar-refractivity contribution < 1.29 is 9.84 Å². The second-order valence-electron chi connectivity index (χ2n) is 7.87. The largest absolute Gasteiger partial charge is 0.491 e. The van der Waals surface area contributed by atoms with E-state index in [1.165, 1.54) is 95.5 Å². The molecule has 0 fully saturated rings. The zero-order chi connectivity index (χ0) is 20.1. The number of benzene rings is 1. The molecule has 0 spiro atoms. The number of aliphatic hydroxyl groups excluding tert-OH is 1. The van der Waals surface area contributed by atoms with Crippen LogP contribution >= 0.6 is 0 Å². The van der Waals surface area contributed by atoms with E-state index in [9.17, 15) is 0 Å². The minimum absolute atomic E-state index is 0.0720. The standard InChI is InChI=1S/C26H44O2/c1-2-3-4-5-6-7-8-9-10-11-12-13-14-15-16-17-20-25-21-18-19-22-26(25)28-24-23-27/h9-10,18-19,21-22,27H,2-8,11-17,20,23-24H2,1H3/b10-9-. The van der Waals surface area contributed by atoms with Gasteiger partial charge in [0.15, 0.2) is 0 Å². The Balaban J connectivity index is 1.91. The van der Waals surface area contributed by atoms with Crippen LogP contribution in [0.1, 0.15) is 102 Å². The van der Waals surface area contributed by atoms with E-state index >= 15 is 0 Å². The van der Waals surface area contributed by atoms with Crippen molar-refractivity contribution in [3.63, 3.8) is 0 Å². The molecule has 0 unspecified atom stereocenters. The first-order valence-electron chi connectivity index (χ1n) is 11.8. The van der Waals surface area contributed by atoms with Gasteiger partial charge in [-0.3, -0.25) is 0 Å². The van der Waals surface area contributed by atoms with Gasteiger partial charge in [0.05, 0.1) is 6.61 Å². The first-order chi connectivity index (χ1) is 13.9. The molecule has 0 heterocycles. The Morgan fingerprint density at radius 1 is 0.750 bits per heavy atom. The quantitative estimate of drug-likeness (QED) is 0.195. The third-order valence-electron chi connectivity index (χ3n) is 5.28. The third kappa shape index (κ3) is 13.8. The van der Waals surface area contributed by atoms with Crippen molar-refractivity contribution in [2.24, 2.45) is 0 Å². The molecule has 28 heavy (non-hydrogen) atoms. The molecule has 0 aliphatic carbocycles. The van der Waals surface area contributed by atoms with Crippen LogP contribution in [0, 0.1) is 0 Å². The summed E-state index contributed by atoms with van der Waals surface area (Å²) in [6.07, 6.45) is 24.7. The van der Waals surface area contributed by atoms with E-state index in [2.05, 4.69) is 31.2 Å². The van der Waals surface area contributed by atoms with Crippen LogP contribution in [0.4, 0.5) is 0 Å². The molecule has 160 valence electrons. The number of ether oxygens (including phenoxy) is 1. The molecule has 1 aromatic rings. The maximum Gasteiger partial charge on any atom is 0.122 e. The first-order valence-corrected chi connectivity index (χ1v) is 11.8. The Morgan fingerprint density at radius 2 is 1.32 bits per heavy atom. The summed E-state index contributed by atoms with van der Waals surface area (Å²) in [6.45, 7) is 2.73. The lowest BCUT2D eigenvalue weighted by Crippen LogP contribution is -2.03. The predicted molar refractivity (Wildman–Crippen MR) is 122 cm³/mol. The predicted octanol–water partition coefficient (Wildman–Crippen LogP) is 7.64. The molecular formula is C26H44O2. The van der Waals surface area contributed by atoms with Crippen LogP contribution in [0.15, 0.2) is 36.4 Å². The van der Waals surface area contributed by atoms with Gasteiger partial charge in [0.25, 0.3) is 0 Å². The van der Waals surface area contributed by atoms with Gasteiger partial charge in [0.2, 0.25) is 0 Å². The zero-order valence-corrected chi connectivity index (χ0v) is 18.3. The molecular weight excluding hydrogens is 344 g/mol. The fraction of sp³-hybridized carbons (Fsp3) is 0.692. The van der Waals surface area contributed by atoms with Gasteiger partial charge < -0.3 is 9.84 Å². The lowest BCUT2D eigenvalue weighted by atomic mass is 10.0. The van der Waals surface area contributed by atoms with Crippen molar-refractivity contribution in [2.75, 3.05) is 13.2 Å². The fourth-order valence-electron chi connectivity index (χ4n) is 3.57. The smallest absolute Gasteiger partial charge is 0.122 e. The summed E-state index contributed by atoms with van der Waals surface area (Å²) < 4.78 is 5.61. The summed E-state index contributed by atoms with van der Waals surface area (Å²) in [7, 11) is 0. The van der Waals surface area contributed by atoms with E-state index in [0.29, 0.717) is 6.61 Å². The molecule has 0 aliphatic heterocycles. The normalized spacial score (nSPS) is 11.4. The number of aliphatic hydroxyl groups is 1. The van der Waals surface area contributed by atoms with Crippen molar-refractivity contribution in [1.82, 2.24) is 0 Å². The SMILES string of the molecule is CCCCCCCC/C=C\CCCCCCCCc1ccccc1OCCO. The van der Waals surface area contributed by atoms with Gasteiger partial charge in [0, 0.05) is 0 Å². The summed E-state index contributed by atoms with van der Waals surface area (Å²) in [6, 6.07) is 8.22. The molecule has 2 heteroatoms. The summed E-state index contributed by atoms with van der Waals surface area (Å²) in [4.78, 5) is 0. The number of para-hydroxylation sites is 1. The van der Waals surface area contributed by atoms with E-state index in [-0.39, 0.29) is 6.61 Å². The molecule has 1 N–H and O–H groups in total. The molecule has 0 saturated carbocycles. The molecule has 0 bridgehead atoms. The average molecular weight is 389 g/mol. The maximum absolute atomic E-state index is 8.91. The second-order valence-corrected chi connectivity index (χ2v) is 7.87. The van der Waals surface area contributed by atoms with E-state index < -0.39 is 0 Å². The molecule has 0 aromatic heterocycles. The van der Waals surface area contributed by atoms with E-state index in [4.69, 9.17) is 9.84 Å². The summed E-state index contributed by atoms with van der Waals surface area (Å²) in [5.74, 6) is 0.935. The molecule has 0 atom stereocenters. The number of allylic oxidation sites excluding steroid dienone is 2. The van der Waals surface area contributed by atoms with E-state index in [1.807, 2.05) is 12.1 Å². The zero-order valence-electron chi connectivity index (χ0n) is 18.3. The lowest BCUT2D eigenvalue weighted by Gasteiger charge is -2.10. The van der Waals surface area contributed by atoms with Crippen LogP contribution in [0.3, 0.4) is 0 Å². The van der Waals surface area contributed by atoms with Crippen molar-refractivity contribution in [1.29, 1.82) is 0 Å². The Bertz CT molecular complexity index is 481. The Labute approximate surface area is 174 Å². The highest BCUT2D eigenvalue weighted by Gasteiger charge is 2.02. The number of hydrogen-bond donors (Lipinski definition) is 1. The fourth-order valence-corrected chi connectivity index (χ4v) is 3.57. The minimum atomic E-state index is 0.0720. The van der Waals surface area contributed by atoms with Gasteiger partial charge in [-0.25, -0.2) is 0 Å². The van der Waals surface area contributed by atoms with Crippen LogP contribution < -0.4 is 4.74 Å². The van der Waals surface area contributed by atoms with Crippen molar-refractivity contribution in [3.05, 3.63) is 42.0 Å². The second kappa shape index (κ2) is 19.1. The first kappa shape index (κ1) is 24.8. The molecule has 1 rings (SSSR count). The van der Waals surface area contributed by atoms with E-state index in [1.54, 1.807) is 0 Å². The van der Waals surface area contributed by atoms with Crippen LogP contribution in [-0.4, -0.2) is 18.3 Å². The van der Waals surface area contributed by atoms with E-state index in [0.717, 1.165) is 12.2 Å². The number of unbranched alkanes of at least 4 members (excludes halogenated alkanes) is 12. The highest BCUT2D eigenvalue weighted by molar-refractivity contribution is 5.33. The summed E-state index contributed by atoms with van der Waals surface area (Å²) >= 11 is 0. The van der Waals surface area contributed by atoms with Gasteiger partial charge in [0.1, 0.15) is 12.4 Å². The Hall–Kier alpha value is -1.28. The topological polar surface area (TPSA) is 29.5 Å². The molecule has 2 nitrogen and oxygen atoms in total. The van der Waals surface area contributed by atoms with Crippen LogP contribution in [0.2, 0.25) is 0 Å². The van der Waals surface area contributed by atoms with Crippen LogP contribution in [0.5, 0.6) is 5.75 Å². The van der Waals surface area contributed by atoms with Crippen molar-refractivity contribution in [2.45, 2.75) is 103 Å². The highest BCUT2D eigenvalue weighted by Crippen LogP contribution is 2.21. The van der Waals surface area contributed by atoms with Gasteiger partial charge in [-0.1, -0.05) is 95.1 Å². The third-order valence-corrected chi connectivity index (χ3v) is 5.28. The minimum Gasteiger partial charge on any atom is -0.491 e. The number of hydrogen-bond acceptors (Lipinski definition) is 2. The van der Waals surface area contributed by atoms with Gasteiger partial charge in [-0.15, -0.1) is 0 Å². The van der Waals surface area contributed by atoms with Crippen molar-refractivity contribution in [3.8, 4) is 5.75 Å². The summed E-state index contributed by atoms with van der Waals surface area (Å²) in [5.41, 5.74) is 1.27. The Kier molecular flexibility index (Phi) is 16.8. The Morgan fingerprint density at radius 3 is 1.96 bits per heavy atom. The average Bonchev–Trinajstić information content (AvgIpc) is 2.72. The van der Waals surface area contributed by atoms with Crippen LogP contribution in [0.25, 0.3) is 0 Å². The molecule has 0 radical (unpaired) electrons. The molecule has 0 saturated heterocycles. The van der Waals surface area contributed by atoms with Crippen molar-refractivity contribution >= 4 is 0 Å². The molecule has 0 amide bonds. The maximum atomic E-state index is 8.91. The van der Waals surface area contributed by atoms with Gasteiger partial charge in [-0.2, -0.15) is 0 Å². The summed E-state index contributed by atoms with van der Waals surface area (Å²) in [5, 5.41) is 8.91. The molecule has 0 aliphatic rings. The monoisotopic (exact) mass is 388 g/mol. The van der Waals surface area contributed by atoms with Gasteiger partial charge in [-0.05, 0) is 50.2 Å².